The van der Waals surface area contributed by atoms with Gasteiger partial charge >= 0.3 is 0 Å². The minimum absolute atomic E-state index is 0. The van der Waals surface area contributed by atoms with Crippen molar-refractivity contribution in [1.82, 2.24) is 15.5 Å². The molecule has 1 aromatic carbocycles. The van der Waals surface area contributed by atoms with E-state index in [1.165, 1.54) is 5.56 Å². The van der Waals surface area contributed by atoms with Gasteiger partial charge in [-0.25, -0.2) is 0 Å². The standard InChI is InChI=1S/C16H24N4O2.2ClH/c17-9-15(21)19-11-16(22)18-10-14-7-4-8-20(14)12-13-5-2-1-3-6-13;;/h1-3,5-6,14H,4,7-12,17H2,(H,18,22)(H,19,21);2*1H. The van der Waals surface area contributed by atoms with Gasteiger partial charge in [-0.15, -0.1) is 24.8 Å². The van der Waals surface area contributed by atoms with Crippen molar-refractivity contribution in [2.45, 2.75) is 25.4 Å². The molecule has 24 heavy (non-hydrogen) atoms. The maximum Gasteiger partial charge on any atom is 0.239 e. The van der Waals surface area contributed by atoms with Crippen LogP contribution in [0.15, 0.2) is 30.3 Å². The molecule has 0 aliphatic carbocycles. The Morgan fingerprint density at radius 2 is 1.83 bits per heavy atom. The van der Waals surface area contributed by atoms with Crippen LogP contribution in [-0.4, -0.2) is 48.9 Å². The van der Waals surface area contributed by atoms with Gasteiger partial charge in [-0.2, -0.15) is 0 Å². The lowest BCUT2D eigenvalue weighted by atomic mass is 10.2. The quantitative estimate of drug-likeness (QED) is 0.653. The summed E-state index contributed by atoms with van der Waals surface area (Å²) >= 11 is 0. The molecule has 136 valence electrons. The van der Waals surface area contributed by atoms with Crippen LogP contribution in [-0.2, 0) is 16.1 Å². The molecule has 1 aliphatic rings. The van der Waals surface area contributed by atoms with Crippen molar-refractivity contribution in [2.75, 3.05) is 26.2 Å². The van der Waals surface area contributed by atoms with E-state index in [9.17, 15) is 9.59 Å². The lowest BCUT2D eigenvalue weighted by Gasteiger charge is -2.24. The first kappa shape index (κ1) is 22.7. The van der Waals surface area contributed by atoms with Gasteiger partial charge in [0, 0.05) is 19.1 Å². The number of amides is 2. The van der Waals surface area contributed by atoms with Crippen molar-refractivity contribution in [2.24, 2.45) is 5.73 Å². The number of benzene rings is 1. The summed E-state index contributed by atoms with van der Waals surface area (Å²) in [6.45, 7) is 2.47. The molecule has 1 atom stereocenters. The summed E-state index contributed by atoms with van der Waals surface area (Å²) in [7, 11) is 0. The minimum Gasteiger partial charge on any atom is -0.353 e. The van der Waals surface area contributed by atoms with Gasteiger partial charge in [0.1, 0.15) is 0 Å². The van der Waals surface area contributed by atoms with E-state index in [1.54, 1.807) is 0 Å². The molecule has 1 heterocycles. The zero-order chi connectivity index (χ0) is 15.8. The molecule has 1 aliphatic heterocycles. The van der Waals surface area contributed by atoms with E-state index in [1.807, 2.05) is 18.2 Å². The van der Waals surface area contributed by atoms with E-state index in [-0.39, 0.29) is 49.7 Å². The van der Waals surface area contributed by atoms with E-state index in [0.717, 1.165) is 25.9 Å². The van der Waals surface area contributed by atoms with Crippen LogP contribution in [0.5, 0.6) is 0 Å². The molecule has 0 radical (unpaired) electrons. The van der Waals surface area contributed by atoms with Crippen LogP contribution in [0.4, 0.5) is 0 Å². The lowest BCUT2D eigenvalue weighted by Crippen LogP contribution is -2.44. The van der Waals surface area contributed by atoms with Crippen LogP contribution >= 0.6 is 24.8 Å². The van der Waals surface area contributed by atoms with Crippen molar-refractivity contribution in [1.29, 1.82) is 0 Å². The first-order valence-electron chi connectivity index (χ1n) is 7.70. The van der Waals surface area contributed by atoms with Crippen molar-refractivity contribution in [3.63, 3.8) is 0 Å². The molecule has 2 amide bonds. The topological polar surface area (TPSA) is 87.5 Å². The van der Waals surface area contributed by atoms with Crippen LogP contribution in [0.25, 0.3) is 0 Å². The summed E-state index contributed by atoms with van der Waals surface area (Å²) in [6, 6.07) is 10.7. The molecular weight excluding hydrogens is 351 g/mol. The Kier molecular flexibility index (Phi) is 11.4. The van der Waals surface area contributed by atoms with E-state index in [2.05, 4.69) is 27.7 Å². The van der Waals surface area contributed by atoms with Crippen LogP contribution in [0, 0.1) is 0 Å². The number of hydrogen-bond acceptors (Lipinski definition) is 4. The van der Waals surface area contributed by atoms with E-state index in [4.69, 9.17) is 5.73 Å². The average molecular weight is 377 g/mol. The monoisotopic (exact) mass is 376 g/mol. The largest absolute Gasteiger partial charge is 0.353 e. The highest BCUT2D eigenvalue weighted by Gasteiger charge is 2.24. The van der Waals surface area contributed by atoms with Gasteiger partial charge in [0.25, 0.3) is 0 Å². The summed E-state index contributed by atoms with van der Waals surface area (Å²) < 4.78 is 0. The third kappa shape index (κ3) is 7.49. The number of halogens is 2. The van der Waals surface area contributed by atoms with Crippen molar-refractivity contribution in [3.05, 3.63) is 35.9 Å². The summed E-state index contributed by atoms with van der Waals surface area (Å²) in [4.78, 5) is 25.1. The van der Waals surface area contributed by atoms with Crippen molar-refractivity contribution < 1.29 is 9.59 Å². The SMILES string of the molecule is Cl.Cl.NCC(=O)NCC(=O)NCC1CCCN1Cc1ccccc1. The maximum atomic E-state index is 11.7. The number of carbonyl (C=O) groups excluding carboxylic acids is 2. The second-order valence-electron chi connectivity index (χ2n) is 5.54. The van der Waals surface area contributed by atoms with E-state index < -0.39 is 0 Å². The maximum absolute atomic E-state index is 11.7. The third-order valence-electron chi connectivity index (χ3n) is 3.89. The van der Waals surface area contributed by atoms with Gasteiger partial charge < -0.3 is 16.4 Å². The van der Waals surface area contributed by atoms with Gasteiger partial charge in [0.2, 0.25) is 11.8 Å². The van der Waals surface area contributed by atoms with Crippen LogP contribution in [0.2, 0.25) is 0 Å². The normalized spacial score (nSPS) is 16.6. The summed E-state index contributed by atoms with van der Waals surface area (Å²) in [5.41, 5.74) is 6.46. The molecule has 8 heteroatoms. The number of carbonyl (C=O) groups is 2. The van der Waals surface area contributed by atoms with Gasteiger partial charge in [-0.1, -0.05) is 30.3 Å². The Hall–Kier alpha value is -1.34. The zero-order valence-corrected chi connectivity index (χ0v) is 15.2. The molecular formula is C16H26Cl2N4O2. The fraction of sp³-hybridized carbons (Fsp3) is 0.500. The van der Waals surface area contributed by atoms with Gasteiger partial charge in [-0.05, 0) is 24.9 Å². The zero-order valence-electron chi connectivity index (χ0n) is 13.6. The number of rotatable bonds is 7. The Morgan fingerprint density at radius 1 is 1.12 bits per heavy atom. The van der Waals surface area contributed by atoms with Crippen LogP contribution in [0.3, 0.4) is 0 Å². The molecule has 1 fully saturated rings. The molecule has 0 spiro atoms. The smallest absolute Gasteiger partial charge is 0.239 e. The molecule has 2 rings (SSSR count). The van der Waals surface area contributed by atoms with E-state index in [0.29, 0.717) is 12.6 Å². The summed E-state index contributed by atoms with van der Waals surface area (Å²) in [6.07, 6.45) is 2.24. The fourth-order valence-electron chi connectivity index (χ4n) is 2.70. The lowest BCUT2D eigenvalue weighted by molar-refractivity contribution is -0.125. The Balaban J connectivity index is 0.00000264. The average Bonchev–Trinajstić information content (AvgIpc) is 2.98. The van der Waals surface area contributed by atoms with Gasteiger partial charge in [0.15, 0.2) is 0 Å². The molecule has 4 N–H and O–H groups in total. The van der Waals surface area contributed by atoms with Gasteiger partial charge in [-0.3, -0.25) is 14.5 Å². The summed E-state index contributed by atoms with van der Waals surface area (Å²) in [5, 5.41) is 5.35. The number of nitrogens with one attached hydrogen (secondary N) is 2. The Bertz CT molecular complexity index is 502. The molecule has 1 saturated heterocycles. The summed E-state index contributed by atoms with van der Waals surface area (Å²) in [5.74, 6) is -0.491. The fourth-order valence-corrected chi connectivity index (χ4v) is 2.70. The second kappa shape index (κ2) is 12.1. The number of nitrogens with zero attached hydrogens (tertiary/aromatic N) is 1. The van der Waals surface area contributed by atoms with E-state index >= 15 is 0 Å². The first-order chi connectivity index (χ1) is 10.7. The van der Waals surface area contributed by atoms with Crippen LogP contribution in [0.1, 0.15) is 18.4 Å². The number of likely N-dealkylation sites (tertiary alicyclic amines) is 1. The van der Waals surface area contributed by atoms with Crippen molar-refractivity contribution >= 4 is 36.6 Å². The molecule has 1 unspecified atom stereocenters. The number of nitrogens with two attached hydrogens (primary N) is 1. The highest BCUT2D eigenvalue weighted by Crippen LogP contribution is 2.19. The predicted octanol–water partition coefficient (Wildman–Crippen LogP) is 0.686. The highest BCUT2D eigenvalue weighted by atomic mass is 35.5. The van der Waals surface area contributed by atoms with Crippen molar-refractivity contribution in [3.8, 4) is 0 Å². The molecule has 1 aromatic rings. The van der Waals surface area contributed by atoms with Gasteiger partial charge in [0.05, 0.1) is 13.1 Å². The van der Waals surface area contributed by atoms with Crippen LogP contribution < -0.4 is 16.4 Å². The second-order valence-corrected chi connectivity index (χ2v) is 5.54. The molecule has 0 aromatic heterocycles. The minimum atomic E-state index is -0.318. The number of hydrogen-bond donors (Lipinski definition) is 3. The Labute approximate surface area is 155 Å². The molecule has 6 nitrogen and oxygen atoms in total. The molecule has 0 bridgehead atoms. The third-order valence-corrected chi connectivity index (χ3v) is 3.89. The highest BCUT2D eigenvalue weighted by molar-refractivity contribution is 5.86. The molecule has 0 saturated carbocycles. The Morgan fingerprint density at radius 3 is 2.50 bits per heavy atom. The predicted molar refractivity (Wildman–Crippen MR) is 99.4 cm³/mol. The first-order valence-corrected chi connectivity index (χ1v) is 7.70.